The lowest BCUT2D eigenvalue weighted by atomic mass is 9.78. The monoisotopic (exact) mass is 455 g/mol. The van der Waals surface area contributed by atoms with Gasteiger partial charge in [-0.15, -0.1) is 10.2 Å². The Bertz CT molecular complexity index is 915. The second-order valence-electron chi connectivity index (χ2n) is 10.4. The van der Waals surface area contributed by atoms with Gasteiger partial charge in [0, 0.05) is 6.20 Å². The van der Waals surface area contributed by atoms with Crippen molar-refractivity contribution in [3.63, 3.8) is 0 Å². The van der Waals surface area contributed by atoms with Gasteiger partial charge in [0.15, 0.2) is 5.65 Å². The van der Waals surface area contributed by atoms with Crippen LogP contribution in [0, 0.1) is 18.8 Å². The molecule has 2 aromatic heterocycles. The molecule has 7 heteroatoms. The molecule has 0 bridgehead atoms. The molecular formula is C26H41N5O2. The fourth-order valence-corrected chi connectivity index (χ4v) is 5.93. The lowest BCUT2D eigenvalue weighted by Gasteiger charge is -2.35. The van der Waals surface area contributed by atoms with E-state index in [9.17, 15) is 9.90 Å². The number of hydrogen-bond donors (Lipinski definition) is 2. The van der Waals surface area contributed by atoms with Crippen molar-refractivity contribution < 1.29 is 9.90 Å². The second kappa shape index (κ2) is 11.4. The highest BCUT2D eigenvalue weighted by Crippen LogP contribution is 2.32. The van der Waals surface area contributed by atoms with Crippen LogP contribution >= 0.6 is 0 Å². The third kappa shape index (κ3) is 6.11. The van der Waals surface area contributed by atoms with E-state index in [4.69, 9.17) is 0 Å². The SMILES string of the molecule is CCCc1nc(C)cn2c(CC(=O)N[C@@H](CC3CCCCC3)C(O)C3CCCCC3)nnc12. The predicted molar refractivity (Wildman–Crippen MR) is 129 cm³/mol. The fraction of sp³-hybridized carbons (Fsp3) is 0.769. The molecule has 2 aliphatic rings. The van der Waals surface area contributed by atoms with Gasteiger partial charge in [0.2, 0.25) is 5.91 Å². The Morgan fingerprint density at radius 2 is 1.82 bits per heavy atom. The molecule has 4 rings (SSSR count). The Morgan fingerprint density at radius 1 is 1.12 bits per heavy atom. The van der Waals surface area contributed by atoms with Gasteiger partial charge in [0.25, 0.3) is 0 Å². The zero-order valence-corrected chi connectivity index (χ0v) is 20.4. The molecule has 1 amide bonds. The molecule has 0 saturated heterocycles. The van der Waals surface area contributed by atoms with E-state index < -0.39 is 6.10 Å². The number of rotatable bonds is 9. The number of aryl methyl sites for hydroxylation is 2. The Labute approximate surface area is 197 Å². The van der Waals surface area contributed by atoms with E-state index >= 15 is 0 Å². The molecule has 2 fully saturated rings. The van der Waals surface area contributed by atoms with Gasteiger partial charge < -0.3 is 10.4 Å². The van der Waals surface area contributed by atoms with Gasteiger partial charge in [0.05, 0.1) is 30.0 Å². The molecule has 2 aromatic rings. The standard InChI is InChI=1S/C26H41N5O2/c1-3-10-21-26-30-29-23(31(26)17-18(2)27-21)16-24(32)28-22(15-19-11-6-4-7-12-19)25(33)20-13-8-5-9-14-20/h17,19-20,22,25,33H,3-16H2,1-2H3,(H,28,32)/t22-,25?/m0/s1. The summed E-state index contributed by atoms with van der Waals surface area (Å²) in [7, 11) is 0. The van der Waals surface area contributed by atoms with Crippen LogP contribution in [-0.2, 0) is 17.6 Å². The van der Waals surface area contributed by atoms with Gasteiger partial charge in [0.1, 0.15) is 5.82 Å². The minimum absolute atomic E-state index is 0.0773. The number of aliphatic hydroxyl groups is 1. The highest BCUT2D eigenvalue weighted by atomic mass is 16.3. The van der Waals surface area contributed by atoms with Crippen molar-refractivity contribution in [1.82, 2.24) is 24.9 Å². The van der Waals surface area contributed by atoms with E-state index in [1.807, 2.05) is 17.5 Å². The van der Waals surface area contributed by atoms with Crippen LogP contribution in [0.15, 0.2) is 6.20 Å². The number of nitrogens with zero attached hydrogens (tertiary/aromatic N) is 4. The molecule has 2 atom stereocenters. The minimum Gasteiger partial charge on any atom is -0.391 e. The number of aromatic nitrogens is 4. The molecule has 2 N–H and O–H groups in total. The highest BCUT2D eigenvalue weighted by Gasteiger charge is 2.32. The molecule has 0 aromatic carbocycles. The first-order valence-corrected chi connectivity index (χ1v) is 13.2. The van der Waals surface area contributed by atoms with Crippen molar-refractivity contribution in [2.45, 2.75) is 116 Å². The van der Waals surface area contributed by atoms with Crippen molar-refractivity contribution in [2.24, 2.45) is 11.8 Å². The average Bonchev–Trinajstić information content (AvgIpc) is 3.22. The quantitative estimate of drug-likeness (QED) is 0.587. The van der Waals surface area contributed by atoms with E-state index in [1.165, 1.54) is 51.4 Å². The van der Waals surface area contributed by atoms with Crippen molar-refractivity contribution in [3.8, 4) is 0 Å². The summed E-state index contributed by atoms with van der Waals surface area (Å²) in [5, 5.41) is 23.2. The smallest absolute Gasteiger partial charge is 0.227 e. The van der Waals surface area contributed by atoms with E-state index in [-0.39, 0.29) is 18.4 Å². The zero-order chi connectivity index (χ0) is 23.2. The zero-order valence-electron chi connectivity index (χ0n) is 20.4. The maximum Gasteiger partial charge on any atom is 0.227 e. The molecule has 2 saturated carbocycles. The number of amides is 1. The summed E-state index contributed by atoms with van der Waals surface area (Å²) >= 11 is 0. The van der Waals surface area contributed by atoms with Crippen molar-refractivity contribution in [2.75, 3.05) is 0 Å². The van der Waals surface area contributed by atoms with Crippen LogP contribution < -0.4 is 5.32 Å². The fourth-order valence-electron chi connectivity index (χ4n) is 5.93. The van der Waals surface area contributed by atoms with Gasteiger partial charge >= 0.3 is 0 Å². The third-order valence-electron chi connectivity index (χ3n) is 7.66. The van der Waals surface area contributed by atoms with Crippen molar-refractivity contribution >= 4 is 11.6 Å². The van der Waals surface area contributed by atoms with Crippen molar-refractivity contribution in [1.29, 1.82) is 0 Å². The summed E-state index contributed by atoms with van der Waals surface area (Å²) in [4.78, 5) is 17.8. The summed E-state index contributed by atoms with van der Waals surface area (Å²) < 4.78 is 1.92. The number of hydrogen-bond acceptors (Lipinski definition) is 5. The van der Waals surface area contributed by atoms with Crippen LogP contribution in [0.5, 0.6) is 0 Å². The molecule has 33 heavy (non-hydrogen) atoms. The highest BCUT2D eigenvalue weighted by molar-refractivity contribution is 5.78. The summed E-state index contributed by atoms with van der Waals surface area (Å²) in [6.45, 7) is 4.08. The molecule has 2 aliphatic carbocycles. The van der Waals surface area contributed by atoms with Gasteiger partial charge in [-0.3, -0.25) is 14.2 Å². The van der Waals surface area contributed by atoms with Crippen LogP contribution in [0.2, 0.25) is 0 Å². The van der Waals surface area contributed by atoms with Gasteiger partial charge in [-0.25, -0.2) is 0 Å². The summed E-state index contributed by atoms with van der Waals surface area (Å²) in [6.07, 6.45) is 16.4. The molecule has 0 spiro atoms. The lowest BCUT2D eigenvalue weighted by Crippen LogP contribution is -2.48. The average molecular weight is 456 g/mol. The van der Waals surface area contributed by atoms with Crippen molar-refractivity contribution in [3.05, 3.63) is 23.4 Å². The second-order valence-corrected chi connectivity index (χ2v) is 10.4. The Kier molecular flexibility index (Phi) is 8.34. The van der Waals surface area contributed by atoms with Crippen LogP contribution in [-0.4, -0.2) is 42.7 Å². The van der Waals surface area contributed by atoms with Gasteiger partial charge in [-0.2, -0.15) is 0 Å². The minimum atomic E-state index is -0.464. The van der Waals surface area contributed by atoms with E-state index in [1.54, 1.807) is 0 Å². The molecule has 0 radical (unpaired) electrons. The molecule has 0 aliphatic heterocycles. The number of fused-ring (bicyclic) bond motifs is 1. The Hall–Kier alpha value is -2.02. The predicted octanol–water partition coefficient (Wildman–Crippen LogP) is 4.32. The summed E-state index contributed by atoms with van der Waals surface area (Å²) in [5.41, 5.74) is 2.57. The Morgan fingerprint density at radius 3 is 2.52 bits per heavy atom. The third-order valence-corrected chi connectivity index (χ3v) is 7.66. The van der Waals surface area contributed by atoms with Crippen LogP contribution in [0.1, 0.15) is 101 Å². The number of nitrogens with one attached hydrogen (secondary N) is 1. The number of aliphatic hydroxyl groups excluding tert-OH is 1. The van der Waals surface area contributed by atoms with Gasteiger partial charge in [-0.05, 0) is 44.4 Å². The summed E-state index contributed by atoms with van der Waals surface area (Å²) in [6, 6.07) is -0.179. The maximum atomic E-state index is 13.2. The topological polar surface area (TPSA) is 92.4 Å². The van der Waals surface area contributed by atoms with Gasteiger partial charge in [-0.1, -0.05) is 64.7 Å². The first kappa shape index (κ1) is 24.1. The molecule has 1 unspecified atom stereocenters. The number of carbonyl (C=O) groups excluding carboxylic acids is 1. The van der Waals surface area contributed by atoms with Crippen LogP contribution in [0.3, 0.4) is 0 Å². The van der Waals surface area contributed by atoms with Crippen LogP contribution in [0.25, 0.3) is 5.65 Å². The molecular weight excluding hydrogens is 414 g/mol. The van der Waals surface area contributed by atoms with E-state index in [0.29, 0.717) is 17.7 Å². The molecule has 2 heterocycles. The Balaban J connectivity index is 1.47. The largest absolute Gasteiger partial charge is 0.391 e. The first-order valence-electron chi connectivity index (χ1n) is 13.2. The normalized spacial score (nSPS) is 20.1. The molecule has 182 valence electrons. The van der Waals surface area contributed by atoms with E-state index in [0.717, 1.165) is 49.1 Å². The van der Waals surface area contributed by atoms with E-state index in [2.05, 4.69) is 27.4 Å². The lowest BCUT2D eigenvalue weighted by molar-refractivity contribution is -0.122. The summed E-state index contributed by atoms with van der Waals surface area (Å²) in [5.74, 6) is 1.45. The van der Waals surface area contributed by atoms with Crippen LogP contribution in [0.4, 0.5) is 0 Å². The molecule has 7 nitrogen and oxygen atoms in total. The maximum absolute atomic E-state index is 13.2. The number of carbonyl (C=O) groups is 1. The first-order chi connectivity index (χ1) is 16.0.